The van der Waals surface area contributed by atoms with Gasteiger partial charge in [0.05, 0.1) is 10.7 Å². The predicted molar refractivity (Wildman–Crippen MR) is 64.0 cm³/mol. The summed E-state index contributed by atoms with van der Waals surface area (Å²) in [4.78, 5) is 11.8. The summed E-state index contributed by atoms with van der Waals surface area (Å²) < 4.78 is 1.53. The molecule has 1 rings (SSSR count). The molecule has 1 radical (unpaired) electrons. The van der Waals surface area contributed by atoms with E-state index in [-0.39, 0.29) is 11.2 Å². The van der Waals surface area contributed by atoms with Crippen LogP contribution in [-0.4, -0.2) is 4.57 Å². The molecule has 0 spiro atoms. The van der Waals surface area contributed by atoms with Gasteiger partial charge in [-0.25, -0.2) is 0 Å². The molecule has 1 aromatic rings. The van der Waals surface area contributed by atoms with E-state index in [1.807, 2.05) is 13.8 Å². The third-order valence-electron chi connectivity index (χ3n) is 2.84. The van der Waals surface area contributed by atoms with Gasteiger partial charge in [-0.05, 0) is 25.8 Å². The number of hydrogen-bond donors (Lipinski definition) is 1. The molecule has 0 unspecified atom stereocenters. The lowest BCUT2D eigenvalue weighted by Gasteiger charge is -2.29. The molecule has 0 saturated carbocycles. The number of pyridine rings is 1. The number of nitrogens with two attached hydrogens (primary N) is 1. The molecule has 0 aliphatic carbocycles. The Bertz CT molecular complexity index is 408. The Morgan fingerprint density at radius 1 is 1.53 bits per heavy atom. The molecule has 1 aromatic heterocycles. The number of nitrogen functional groups attached to an aromatic ring is 1. The number of nitrogens with zero attached hydrogens (tertiary/aromatic N) is 1. The molecule has 4 heteroatoms. The Labute approximate surface area is 94.9 Å². The molecule has 83 valence electrons. The zero-order valence-electron chi connectivity index (χ0n) is 9.09. The number of aromatic nitrogens is 1. The van der Waals surface area contributed by atoms with Crippen LogP contribution in [0.4, 0.5) is 5.69 Å². The topological polar surface area (TPSA) is 48.0 Å². The average Bonchev–Trinajstić information content (AvgIpc) is 2.22. The van der Waals surface area contributed by atoms with E-state index in [4.69, 9.17) is 17.3 Å². The molecule has 0 saturated heterocycles. The van der Waals surface area contributed by atoms with Gasteiger partial charge in [-0.15, -0.1) is 0 Å². The van der Waals surface area contributed by atoms with Crippen LogP contribution >= 0.6 is 11.6 Å². The van der Waals surface area contributed by atoms with Gasteiger partial charge in [0, 0.05) is 11.7 Å². The van der Waals surface area contributed by atoms with E-state index < -0.39 is 5.54 Å². The van der Waals surface area contributed by atoms with E-state index in [2.05, 4.69) is 6.92 Å². The van der Waals surface area contributed by atoms with E-state index in [1.54, 1.807) is 6.20 Å². The highest BCUT2D eigenvalue weighted by Gasteiger charge is 2.24. The lowest BCUT2D eigenvalue weighted by Crippen LogP contribution is -2.38. The Hall–Kier alpha value is -0.960. The van der Waals surface area contributed by atoms with Crippen molar-refractivity contribution in [1.82, 2.24) is 4.57 Å². The van der Waals surface area contributed by atoms with Crippen molar-refractivity contribution in [2.24, 2.45) is 0 Å². The molecule has 0 amide bonds. The second kappa shape index (κ2) is 4.27. The number of halogens is 1. The van der Waals surface area contributed by atoms with Crippen LogP contribution in [0.2, 0.25) is 5.02 Å². The van der Waals surface area contributed by atoms with Crippen LogP contribution in [0.25, 0.3) is 0 Å². The third-order valence-corrected chi connectivity index (χ3v) is 3.05. The lowest BCUT2D eigenvalue weighted by atomic mass is 9.95. The number of anilines is 1. The van der Waals surface area contributed by atoms with Crippen LogP contribution in [0.5, 0.6) is 0 Å². The molecule has 2 N–H and O–H groups in total. The van der Waals surface area contributed by atoms with Crippen LogP contribution in [0.1, 0.15) is 26.7 Å². The minimum atomic E-state index is -0.462. The fourth-order valence-corrected chi connectivity index (χ4v) is 1.73. The van der Waals surface area contributed by atoms with Crippen molar-refractivity contribution in [2.75, 3.05) is 5.73 Å². The van der Waals surface area contributed by atoms with Gasteiger partial charge < -0.3 is 10.3 Å². The smallest absolute Gasteiger partial charge is 0.274 e. The van der Waals surface area contributed by atoms with Gasteiger partial charge in [0.2, 0.25) is 0 Å². The maximum atomic E-state index is 11.8. The summed E-state index contributed by atoms with van der Waals surface area (Å²) in [5.74, 6) is 0. The predicted octanol–water partition coefficient (Wildman–Crippen LogP) is 2.43. The van der Waals surface area contributed by atoms with Crippen molar-refractivity contribution in [2.45, 2.75) is 32.2 Å². The highest BCUT2D eigenvalue weighted by Crippen LogP contribution is 2.24. The van der Waals surface area contributed by atoms with E-state index >= 15 is 0 Å². The van der Waals surface area contributed by atoms with Crippen molar-refractivity contribution in [3.8, 4) is 0 Å². The van der Waals surface area contributed by atoms with Crippen LogP contribution < -0.4 is 11.3 Å². The Balaban J connectivity index is 3.43. The molecular formula is C11H16ClN2O. The first-order valence-electron chi connectivity index (χ1n) is 4.98. The van der Waals surface area contributed by atoms with Crippen molar-refractivity contribution >= 4 is 17.3 Å². The van der Waals surface area contributed by atoms with Crippen molar-refractivity contribution < 1.29 is 0 Å². The minimum Gasteiger partial charge on any atom is -0.394 e. The molecule has 0 fully saturated rings. The van der Waals surface area contributed by atoms with Gasteiger partial charge in [-0.3, -0.25) is 4.79 Å². The molecule has 0 aliphatic rings. The summed E-state index contributed by atoms with van der Waals surface area (Å²) in [7, 11) is 0. The van der Waals surface area contributed by atoms with Crippen LogP contribution in [0.3, 0.4) is 0 Å². The summed E-state index contributed by atoms with van der Waals surface area (Å²) in [5.41, 5.74) is 5.06. The Morgan fingerprint density at radius 2 is 2.07 bits per heavy atom. The standard InChI is InChI=1S/C11H16ClN2O/c1-4-11(3,5-2)14-7-8(12)6-9(13)10(14)15/h6-7H,3-5,13H2,1-2H3. The first-order valence-corrected chi connectivity index (χ1v) is 5.36. The molecule has 0 aromatic carbocycles. The van der Waals surface area contributed by atoms with Gasteiger partial charge in [-0.1, -0.05) is 25.4 Å². The molecule has 0 aliphatic heterocycles. The number of hydrogen-bond acceptors (Lipinski definition) is 2. The molecule has 1 heterocycles. The molecule has 3 nitrogen and oxygen atoms in total. The zero-order valence-corrected chi connectivity index (χ0v) is 9.84. The summed E-state index contributed by atoms with van der Waals surface area (Å²) >= 11 is 5.87. The maximum absolute atomic E-state index is 11.8. The van der Waals surface area contributed by atoms with Gasteiger partial charge in [0.15, 0.2) is 0 Å². The first kappa shape index (κ1) is 12.1. The fraction of sp³-hybridized carbons (Fsp3) is 0.455. The maximum Gasteiger partial charge on any atom is 0.274 e. The molecule has 0 atom stereocenters. The van der Waals surface area contributed by atoms with E-state index in [0.717, 1.165) is 12.8 Å². The summed E-state index contributed by atoms with van der Waals surface area (Å²) in [6, 6.07) is 1.46. The molecule has 0 bridgehead atoms. The van der Waals surface area contributed by atoms with Crippen molar-refractivity contribution in [3.05, 3.63) is 34.6 Å². The highest BCUT2D eigenvalue weighted by molar-refractivity contribution is 6.30. The van der Waals surface area contributed by atoms with Gasteiger partial charge in [0.25, 0.3) is 5.56 Å². The average molecular weight is 228 g/mol. The van der Waals surface area contributed by atoms with E-state index in [1.165, 1.54) is 10.6 Å². The SMILES string of the molecule is [CH2]C(CC)(CC)n1cc(Cl)cc(N)c1=O. The largest absolute Gasteiger partial charge is 0.394 e. The normalized spacial score (nSPS) is 11.7. The quantitative estimate of drug-likeness (QED) is 0.862. The third kappa shape index (κ3) is 2.17. The highest BCUT2D eigenvalue weighted by atomic mass is 35.5. The minimum absolute atomic E-state index is 0.164. The van der Waals surface area contributed by atoms with Gasteiger partial charge in [-0.2, -0.15) is 0 Å². The molecular weight excluding hydrogens is 212 g/mol. The summed E-state index contributed by atoms with van der Waals surface area (Å²) in [5, 5.41) is 0.460. The van der Waals surface area contributed by atoms with Crippen molar-refractivity contribution in [3.63, 3.8) is 0 Å². The Morgan fingerprint density at radius 3 is 2.53 bits per heavy atom. The first-order chi connectivity index (χ1) is 6.94. The van der Waals surface area contributed by atoms with Crippen molar-refractivity contribution in [1.29, 1.82) is 0 Å². The summed E-state index contributed by atoms with van der Waals surface area (Å²) in [6.45, 7) is 8.04. The number of rotatable bonds is 3. The monoisotopic (exact) mass is 227 g/mol. The lowest BCUT2D eigenvalue weighted by molar-refractivity contribution is 0.330. The Kier molecular flexibility index (Phi) is 3.45. The fourth-order valence-electron chi connectivity index (χ4n) is 1.51. The second-order valence-electron chi connectivity index (χ2n) is 3.72. The second-order valence-corrected chi connectivity index (χ2v) is 4.16. The zero-order chi connectivity index (χ0) is 11.6. The van der Waals surface area contributed by atoms with Gasteiger partial charge >= 0.3 is 0 Å². The molecule has 15 heavy (non-hydrogen) atoms. The van der Waals surface area contributed by atoms with E-state index in [0.29, 0.717) is 5.02 Å². The van der Waals surface area contributed by atoms with Gasteiger partial charge in [0.1, 0.15) is 0 Å². The van der Waals surface area contributed by atoms with Crippen LogP contribution in [0, 0.1) is 6.92 Å². The summed E-state index contributed by atoms with van der Waals surface area (Å²) in [6.07, 6.45) is 3.10. The van der Waals surface area contributed by atoms with Crippen LogP contribution in [0.15, 0.2) is 17.1 Å². The van der Waals surface area contributed by atoms with Crippen LogP contribution in [-0.2, 0) is 5.54 Å². The van der Waals surface area contributed by atoms with E-state index in [9.17, 15) is 4.79 Å².